The van der Waals surface area contributed by atoms with Crippen molar-refractivity contribution in [3.05, 3.63) is 22.3 Å². The van der Waals surface area contributed by atoms with Gasteiger partial charge in [-0.05, 0) is 42.8 Å². The van der Waals surface area contributed by atoms with Crippen LogP contribution >= 0.6 is 15.9 Å². The normalized spacial score (nSPS) is 14.4. The van der Waals surface area contributed by atoms with Gasteiger partial charge in [0, 0.05) is 10.7 Å². The smallest absolute Gasteiger partial charge is 0.391 e. The third-order valence-electron chi connectivity index (χ3n) is 2.64. The quantitative estimate of drug-likeness (QED) is 0.894. The summed E-state index contributed by atoms with van der Waals surface area (Å²) in [6.45, 7) is 4.70. The lowest BCUT2D eigenvalue weighted by Gasteiger charge is -2.31. The maximum Gasteiger partial charge on any atom is 0.419 e. The van der Waals surface area contributed by atoms with Crippen molar-refractivity contribution in [3.8, 4) is 0 Å². The molecule has 0 aliphatic heterocycles. The molecule has 3 nitrogen and oxygen atoms in total. The van der Waals surface area contributed by atoms with Crippen LogP contribution in [-0.2, 0) is 6.18 Å². The van der Waals surface area contributed by atoms with Crippen LogP contribution in [0.25, 0.3) is 0 Å². The Morgan fingerprint density at radius 3 is 2.39 bits per heavy atom. The molecule has 18 heavy (non-hydrogen) atoms. The lowest BCUT2D eigenvalue weighted by Crippen LogP contribution is -2.42. The highest BCUT2D eigenvalue weighted by Gasteiger charge is 2.36. The van der Waals surface area contributed by atoms with Gasteiger partial charge in [-0.3, -0.25) is 0 Å². The number of aliphatic hydroxyl groups excluding tert-OH is 1. The van der Waals surface area contributed by atoms with Crippen molar-refractivity contribution in [1.29, 1.82) is 0 Å². The van der Waals surface area contributed by atoms with Gasteiger partial charge in [0.25, 0.3) is 0 Å². The standard InChI is InChI=1S/C11H14BrF3N2O/c1-6(18)10(2,3)17-9-8(11(13,14)15)4-7(12)5-16-9/h4-6,18H,1-3H3,(H,16,17). The van der Waals surface area contributed by atoms with Gasteiger partial charge in [0.2, 0.25) is 0 Å². The number of nitrogens with zero attached hydrogens (tertiary/aromatic N) is 1. The maximum absolute atomic E-state index is 12.8. The minimum atomic E-state index is -4.51. The van der Waals surface area contributed by atoms with Gasteiger partial charge >= 0.3 is 6.18 Å². The molecule has 0 saturated heterocycles. The number of hydrogen-bond donors (Lipinski definition) is 2. The largest absolute Gasteiger partial charge is 0.419 e. The fourth-order valence-electron chi connectivity index (χ4n) is 1.16. The van der Waals surface area contributed by atoms with Crippen LogP contribution in [0.2, 0.25) is 0 Å². The first-order chi connectivity index (χ1) is 8.04. The lowest BCUT2D eigenvalue weighted by atomic mass is 9.98. The van der Waals surface area contributed by atoms with Crippen LogP contribution in [0, 0.1) is 0 Å². The summed E-state index contributed by atoms with van der Waals surface area (Å²) in [4.78, 5) is 3.72. The zero-order valence-corrected chi connectivity index (χ0v) is 11.7. The number of halogens is 4. The molecule has 1 unspecified atom stereocenters. The molecule has 0 amide bonds. The molecule has 0 aliphatic rings. The number of aromatic nitrogens is 1. The van der Waals surface area contributed by atoms with Crippen molar-refractivity contribution in [2.75, 3.05) is 5.32 Å². The molecular formula is C11H14BrF3N2O. The van der Waals surface area contributed by atoms with Crippen molar-refractivity contribution in [2.24, 2.45) is 0 Å². The Balaban J connectivity index is 3.18. The third kappa shape index (κ3) is 3.58. The first-order valence-electron chi connectivity index (χ1n) is 5.23. The molecule has 0 saturated carbocycles. The molecule has 1 atom stereocenters. The maximum atomic E-state index is 12.8. The van der Waals surface area contributed by atoms with E-state index in [0.29, 0.717) is 0 Å². The molecule has 0 fully saturated rings. The first kappa shape index (κ1) is 15.2. The van der Waals surface area contributed by atoms with Gasteiger partial charge in [0.15, 0.2) is 0 Å². The summed E-state index contributed by atoms with van der Waals surface area (Å²) in [6.07, 6.45) is -4.06. The van der Waals surface area contributed by atoms with Gasteiger partial charge in [-0.2, -0.15) is 13.2 Å². The van der Waals surface area contributed by atoms with E-state index in [-0.39, 0.29) is 10.3 Å². The molecular weight excluding hydrogens is 313 g/mol. The van der Waals surface area contributed by atoms with Gasteiger partial charge in [0.05, 0.1) is 17.2 Å². The molecule has 0 radical (unpaired) electrons. The fourth-order valence-corrected chi connectivity index (χ4v) is 1.50. The van der Waals surface area contributed by atoms with E-state index in [4.69, 9.17) is 0 Å². The summed E-state index contributed by atoms with van der Waals surface area (Å²) in [5.74, 6) is -0.295. The Morgan fingerprint density at radius 2 is 1.94 bits per heavy atom. The Labute approximate surface area is 112 Å². The Kier molecular flexibility index (Phi) is 4.27. The van der Waals surface area contributed by atoms with E-state index in [2.05, 4.69) is 26.2 Å². The summed E-state index contributed by atoms with van der Waals surface area (Å²) in [7, 11) is 0. The highest BCUT2D eigenvalue weighted by Crippen LogP contribution is 2.36. The Hall–Kier alpha value is -0.820. The van der Waals surface area contributed by atoms with E-state index in [0.717, 1.165) is 6.07 Å². The molecule has 1 aromatic heterocycles. The van der Waals surface area contributed by atoms with E-state index < -0.39 is 23.4 Å². The van der Waals surface area contributed by atoms with Gasteiger partial charge in [-0.25, -0.2) is 4.98 Å². The van der Waals surface area contributed by atoms with Crippen LogP contribution in [0.1, 0.15) is 26.3 Å². The van der Waals surface area contributed by atoms with Gasteiger partial charge in [-0.1, -0.05) is 0 Å². The SMILES string of the molecule is CC(O)C(C)(C)Nc1ncc(Br)cc1C(F)(F)F. The number of anilines is 1. The Morgan fingerprint density at radius 1 is 1.39 bits per heavy atom. The second kappa shape index (κ2) is 5.05. The topological polar surface area (TPSA) is 45.1 Å². The summed E-state index contributed by atoms with van der Waals surface area (Å²) < 4.78 is 38.8. The van der Waals surface area contributed by atoms with E-state index in [1.165, 1.54) is 13.1 Å². The van der Waals surface area contributed by atoms with Crippen LogP contribution < -0.4 is 5.32 Å². The highest BCUT2D eigenvalue weighted by atomic mass is 79.9. The predicted molar refractivity (Wildman–Crippen MR) is 66.3 cm³/mol. The van der Waals surface area contributed by atoms with Crippen LogP contribution in [-0.4, -0.2) is 21.7 Å². The number of nitrogens with one attached hydrogen (secondary N) is 1. The van der Waals surface area contributed by atoms with Crippen molar-refractivity contribution >= 4 is 21.7 Å². The van der Waals surface area contributed by atoms with Gasteiger partial charge < -0.3 is 10.4 Å². The van der Waals surface area contributed by atoms with Crippen LogP contribution in [0.5, 0.6) is 0 Å². The number of alkyl halides is 3. The van der Waals surface area contributed by atoms with E-state index >= 15 is 0 Å². The molecule has 2 N–H and O–H groups in total. The molecule has 1 heterocycles. The van der Waals surface area contributed by atoms with Crippen molar-refractivity contribution < 1.29 is 18.3 Å². The van der Waals surface area contributed by atoms with E-state index in [1.54, 1.807) is 13.8 Å². The van der Waals surface area contributed by atoms with E-state index in [1.807, 2.05) is 0 Å². The summed E-state index contributed by atoms with van der Waals surface area (Å²) >= 11 is 2.96. The summed E-state index contributed by atoms with van der Waals surface area (Å²) in [5.41, 5.74) is -1.79. The third-order valence-corrected chi connectivity index (χ3v) is 3.08. The minimum Gasteiger partial charge on any atom is -0.391 e. The van der Waals surface area contributed by atoms with E-state index in [9.17, 15) is 18.3 Å². The molecule has 7 heteroatoms. The van der Waals surface area contributed by atoms with Gasteiger partial charge in [0.1, 0.15) is 5.82 Å². The monoisotopic (exact) mass is 326 g/mol. The molecule has 0 bridgehead atoms. The number of rotatable bonds is 3. The lowest BCUT2D eigenvalue weighted by molar-refractivity contribution is -0.137. The molecule has 0 aromatic carbocycles. The van der Waals surface area contributed by atoms with Crippen LogP contribution in [0.3, 0.4) is 0 Å². The van der Waals surface area contributed by atoms with Crippen LogP contribution in [0.15, 0.2) is 16.7 Å². The number of hydrogen-bond acceptors (Lipinski definition) is 3. The molecule has 102 valence electrons. The molecule has 1 aromatic rings. The first-order valence-corrected chi connectivity index (χ1v) is 6.02. The Bertz CT molecular complexity index is 433. The average molecular weight is 327 g/mol. The second-order valence-corrected chi connectivity index (χ2v) is 5.49. The minimum absolute atomic E-state index is 0.246. The molecule has 0 aliphatic carbocycles. The second-order valence-electron chi connectivity index (χ2n) is 4.57. The fraction of sp³-hybridized carbons (Fsp3) is 0.545. The highest BCUT2D eigenvalue weighted by molar-refractivity contribution is 9.10. The van der Waals surface area contributed by atoms with Crippen LogP contribution in [0.4, 0.5) is 19.0 Å². The average Bonchev–Trinajstić information content (AvgIpc) is 2.18. The summed E-state index contributed by atoms with van der Waals surface area (Å²) in [5, 5.41) is 12.1. The predicted octanol–water partition coefficient (Wildman–Crippen LogP) is 3.43. The number of pyridine rings is 1. The molecule has 1 rings (SSSR count). The number of aliphatic hydroxyl groups is 1. The zero-order valence-electron chi connectivity index (χ0n) is 10.1. The summed E-state index contributed by atoms with van der Waals surface area (Å²) in [6, 6.07) is 0.952. The van der Waals surface area contributed by atoms with Crippen molar-refractivity contribution in [2.45, 2.75) is 38.6 Å². The zero-order chi connectivity index (χ0) is 14.1. The van der Waals surface area contributed by atoms with Gasteiger partial charge in [-0.15, -0.1) is 0 Å². The molecule has 0 spiro atoms. The van der Waals surface area contributed by atoms with Crippen molar-refractivity contribution in [3.63, 3.8) is 0 Å². The van der Waals surface area contributed by atoms with Crippen molar-refractivity contribution in [1.82, 2.24) is 4.98 Å².